The lowest BCUT2D eigenvalue weighted by Gasteiger charge is -2.06. The van der Waals surface area contributed by atoms with Crippen LogP contribution >= 0.6 is 0 Å². The predicted octanol–water partition coefficient (Wildman–Crippen LogP) is 4.09. The van der Waals surface area contributed by atoms with E-state index in [0.29, 0.717) is 0 Å². The molecule has 3 heterocycles. The molecule has 21 heavy (non-hydrogen) atoms. The Balaban J connectivity index is 1.77. The Morgan fingerprint density at radius 1 is 0.714 bits per heavy atom. The molecule has 0 aliphatic carbocycles. The van der Waals surface area contributed by atoms with E-state index in [1.165, 1.54) is 10.9 Å². The molecule has 0 radical (unpaired) electrons. The van der Waals surface area contributed by atoms with Gasteiger partial charge in [0.2, 0.25) is 0 Å². The van der Waals surface area contributed by atoms with Crippen LogP contribution < -0.4 is 0 Å². The van der Waals surface area contributed by atoms with Gasteiger partial charge in [-0.3, -0.25) is 9.97 Å². The lowest BCUT2D eigenvalue weighted by molar-refractivity contribution is 1.10. The average molecular weight is 271 g/mol. The van der Waals surface area contributed by atoms with Crippen molar-refractivity contribution in [3.05, 3.63) is 79.3 Å². The van der Waals surface area contributed by atoms with Gasteiger partial charge in [0, 0.05) is 12.4 Å². The summed E-state index contributed by atoms with van der Waals surface area (Å²) in [6.45, 7) is 0. The molecule has 0 fully saturated rings. The highest BCUT2D eigenvalue weighted by Gasteiger charge is 2.04. The number of hydrogen-bond acceptors (Lipinski definition) is 2. The number of aromatic nitrogens is 3. The van der Waals surface area contributed by atoms with Crippen molar-refractivity contribution < 1.29 is 0 Å². The summed E-state index contributed by atoms with van der Waals surface area (Å²) in [5, 5.41) is 1.23. The van der Waals surface area contributed by atoms with Crippen molar-refractivity contribution in [1.82, 2.24) is 14.5 Å². The standard InChI is InChI=1S/C18H13N3/c1-2-7-18-14(5-1)10-12-21(18)15-8-9-17(20-13-15)16-6-3-4-11-19-16/h1-13H. The van der Waals surface area contributed by atoms with Crippen molar-refractivity contribution in [2.75, 3.05) is 0 Å². The van der Waals surface area contributed by atoms with Gasteiger partial charge in [-0.2, -0.15) is 0 Å². The Morgan fingerprint density at radius 3 is 2.38 bits per heavy atom. The molecule has 0 N–H and O–H groups in total. The monoisotopic (exact) mass is 271 g/mol. The van der Waals surface area contributed by atoms with Crippen molar-refractivity contribution in [2.45, 2.75) is 0 Å². The number of para-hydroxylation sites is 1. The first kappa shape index (κ1) is 11.9. The molecular weight excluding hydrogens is 258 g/mol. The number of hydrogen-bond donors (Lipinski definition) is 0. The summed E-state index contributed by atoms with van der Waals surface area (Å²) >= 11 is 0. The van der Waals surface area contributed by atoms with Gasteiger partial charge in [0.15, 0.2) is 0 Å². The van der Waals surface area contributed by atoms with Crippen LogP contribution in [0.3, 0.4) is 0 Å². The molecule has 4 rings (SSSR count). The van der Waals surface area contributed by atoms with Gasteiger partial charge in [-0.1, -0.05) is 24.3 Å². The van der Waals surface area contributed by atoms with E-state index in [-0.39, 0.29) is 0 Å². The van der Waals surface area contributed by atoms with E-state index < -0.39 is 0 Å². The van der Waals surface area contributed by atoms with E-state index in [2.05, 4.69) is 57.1 Å². The molecule has 0 aliphatic rings. The first-order chi connectivity index (χ1) is 10.4. The molecule has 0 atom stereocenters. The van der Waals surface area contributed by atoms with E-state index in [4.69, 9.17) is 0 Å². The van der Waals surface area contributed by atoms with Gasteiger partial charge in [-0.15, -0.1) is 0 Å². The van der Waals surface area contributed by atoms with Gasteiger partial charge in [0.05, 0.1) is 28.8 Å². The molecule has 0 amide bonds. The molecule has 0 bridgehead atoms. The summed E-state index contributed by atoms with van der Waals surface area (Å²) in [5.74, 6) is 0. The van der Waals surface area contributed by atoms with Crippen LogP contribution in [0.2, 0.25) is 0 Å². The minimum Gasteiger partial charge on any atom is -0.315 e. The molecule has 0 unspecified atom stereocenters. The van der Waals surface area contributed by atoms with Crippen molar-refractivity contribution in [3.63, 3.8) is 0 Å². The molecule has 3 nitrogen and oxygen atoms in total. The number of benzene rings is 1. The highest BCUT2D eigenvalue weighted by Crippen LogP contribution is 2.21. The zero-order valence-corrected chi connectivity index (χ0v) is 11.3. The van der Waals surface area contributed by atoms with Crippen molar-refractivity contribution >= 4 is 10.9 Å². The second-order valence-electron chi connectivity index (χ2n) is 4.86. The van der Waals surface area contributed by atoms with Gasteiger partial charge in [0.25, 0.3) is 0 Å². The Kier molecular flexibility index (Phi) is 2.75. The molecule has 0 aliphatic heterocycles. The molecule has 1 aromatic carbocycles. The van der Waals surface area contributed by atoms with Crippen LogP contribution in [0.5, 0.6) is 0 Å². The third-order valence-electron chi connectivity index (χ3n) is 3.55. The summed E-state index contributed by atoms with van der Waals surface area (Å²) in [6, 6.07) is 20.4. The highest BCUT2D eigenvalue weighted by atomic mass is 15.0. The second-order valence-corrected chi connectivity index (χ2v) is 4.86. The minimum absolute atomic E-state index is 0.885. The quantitative estimate of drug-likeness (QED) is 0.550. The second kappa shape index (κ2) is 4.87. The maximum atomic E-state index is 4.53. The SMILES string of the molecule is c1ccc(-c2ccc(-n3ccc4ccccc43)cn2)nc1. The van der Waals surface area contributed by atoms with Crippen molar-refractivity contribution in [1.29, 1.82) is 0 Å². The van der Waals surface area contributed by atoms with E-state index in [1.54, 1.807) is 6.20 Å². The number of pyridine rings is 2. The fourth-order valence-electron chi connectivity index (χ4n) is 2.50. The largest absolute Gasteiger partial charge is 0.315 e. The summed E-state index contributed by atoms with van der Waals surface area (Å²) in [6.07, 6.45) is 5.74. The summed E-state index contributed by atoms with van der Waals surface area (Å²) in [7, 11) is 0. The molecular formula is C18H13N3. The van der Waals surface area contributed by atoms with Gasteiger partial charge in [-0.25, -0.2) is 0 Å². The van der Waals surface area contributed by atoms with Crippen LogP contribution in [0.4, 0.5) is 0 Å². The van der Waals surface area contributed by atoms with Crippen molar-refractivity contribution in [3.8, 4) is 17.1 Å². The van der Waals surface area contributed by atoms with Crippen LogP contribution in [-0.4, -0.2) is 14.5 Å². The fraction of sp³-hybridized carbons (Fsp3) is 0. The molecule has 3 aromatic heterocycles. The third kappa shape index (κ3) is 2.09. The molecule has 3 heteroatoms. The van der Waals surface area contributed by atoms with Gasteiger partial charge >= 0.3 is 0 Å². The normalized spacial score (nSPS) is 10.9. The first-order valence-corrected chi connectivity index (χ1v) is 6.86. The smallest absolute Gasteiger partial charge is 0.0887 e. The Morgan fingerprint density at radius 2 is 1.57 bits per heavy atom. The lowest BCUT2D eigenvalue weighted by atomic mass is 10.2. The molecule has 4 aromatic rings. The van der Waals surface area contributed by atoms with Gasteiger partial charge in [0.1, 0.15) is 0 Å². The number of nitrogens with zero attached hydrogens (tertiary/aromatic N) is 3. The summed E-state index contributed by atoms with van der Waals surface area (Å²) < 4.78 is 2.14. The maximum Gasteiger partial charge on any atom is 0.0887 e. The third-order valence-corrected chi connectivity index (χ3v) is 3.55. The van der Waals surface area contributed by atoms with E-state index in [9.17, 15) is 0 Å². The predicted molar refractivity (Wildman–Crippen MR) is 84.3 cm³/mol. The van der Waals surface area contributed by atoms with E-state index in [1.807, 2.05) is 30.5 Å². The maximum absolute atomic E-state index is 4.53. The zero-order valence-electron chi connectivity index (χ0n) is 11.3. The summed E-state index contributed by atoms with van der Waals surface area (Å²) in [5.41, 5.74) is 4.01. The molecule has 0 saturated heterocycles. The van der Waals surface area contributed by atoms with Crippen LogP contribution in [0.15, 0.2) is 79.3 Å². The highest BCUT2D eigenvalue weighted by molar-refractivity contribution is 5.81. The lowest BCUT2D eigenvalue weighted by Crippen LogP contribution is -1.94. The molecule has 100 valence electrons. The van der Waals surface area contributed by atoms with E-state index in [0.717, 1.165) is 17.1 Å². The summed E-state index contributed by atoms with van der Waals surface area (Å²) in [4.78, 5) is 8.85. The minimum atomic E-state index is 0.885. The number of rotatable bonds is 2. The van der Waals surface area contributed by atoms with Crippen LogP contribution in [0.25, 0.3) is 28.0 Å². The van der Waals surface area contributed by atoms with Gasteiger partial charge in [-0.05, 0) is 41.8 Å². The van der Waals surface area contributed by atoms with Gasteiger partial charge < -0.3 is 4.57 Å². The van der Waals surface area contributed by atoms with Crippen LogP contribution in [0, 0.1) is 0 Å². The Hall–Kier alpha value is -2.94. The molecule has 0 spiro atoms. The van der Waals surface area contributed by atoms with Crippen molar-refractivity contribution in [2.24, 2.45) is 0 Å². The molecule has 0 saturated carbocycles. The first-order valence-electron chi connectivity index (χ1n) is 6.86. The van der Waals surface area contributed by atoms with Crippen LogP contribution in [-0.2, 0) is 0 Å². The van der Waals surface area contributed by atoms with E-state index >= 15 is 0 Å². The topological polar surface area (TPSA) is 30.7 Å². The number of fused-ring (bicyclic) bond motifs is 1. The van der Waals surface area contributed by atoms with Crippen LogP contribution in [0.1, 0.15) is 0 Å². The fourth-order valence-corrected chi connectivity index (χ4v) is 2.50. The Labute approximate surface area is 122 Å². The zero-order chi connectivity index (χ0) is 14.1. The Bertz CT molecular complexity index is 877. The average Bonchev–Trinajstić information content (AvgIpc) is 3.00.